The van der Waals surface area contributed by atoms with Crippen LogP contribution in [0.1, 0.15) is 24.1 Å². The topological polar surface area (TPSA) is 187 Å². The molecule has 2 aromatic carbocycles. The number of urea groups is 1. The van der Waals surface area contributed by atoms with Crippen molar-refractivity contribution < 1.29 is 55.6 Å². The number of piperidine rings is 1. The fourth-order valence-corrected chi connectivity index (χ4v) is 7.68. The van der Waals surface area contributed by atoms with Gasteiger partial charge in [-0.2, -0.15) is 18.2 Å². The molecule has 6 rings (SSSR count). The summed E-state index contributed by atoms with van der Waals surface area (Å²) in [5.41, 5.74) is 1.08. The van der Waals surface area contributed by atoms with Crippen LogP contribution in [0.2, 0.25) is 10.0 Å². The van der Waals surface area contributed by atoms with Crippen LogP contribution in [-0.2, 0) is 34.5 Å². The molecule has 330 valence electrons. The van der Waals surface area contributed by atoms with Gasteiger partial charge in [0.1, 0.15) is 39.7 Å². The number of esters is 1. The maximum absolute atomic E-state index is 14.7. The molecule has 1 unspecified atom stereocenters. The molecule has 4 aromatic rings. The number of methoxy groups -OCH3 is 2. The van der Waals surface area contributed by atoms with Crippen molar-refractivity contribution in [1.82, 2.24) is 24.4 Å². The maximum atomic E-state index is 14.7. The summed E-state index contributed by atoms with van der Waals surface area (Å²) >= 11 is 13.5. The van der Waals surface area contributed by atoms with E-state index in [1.54, 1.807) is 0 Å². The maximum Gasteiger partial charge on any atom is 0.491 e. The number of benzene rings is 2. The van der Waals surface area contributed by atoms with Crippen LogP contribution in [-0.4, -0.2) is 112 Å². The minimum Gasteiger partial charge on any atom is -0.495 e. The number of carbonyl (C=O) groups is 3. The Morgan fingerprint density at radius 3 is 2.29 bits per heavy atom. The average Bonchev–Trinajstić information content (AvgIpc) is 3.58. The van der Waals surface area contributed by atoms with E-state index in [-0.39, 0.29) is 83.7 Å². The van der Waals surface area contributed by atoms with E-state index in [2.05, 4.69) is 20.3 Å². The van der Waals surface area contributed by atoms with Gasteiger partial charge in [-0.25, -0.2) is 19.0 Å². The second kappa shape index (κ2) is 18.0. The first-order valence-electron chi connectivity index (χ1n) is 18.5. The van der Waals surface area contributed by atoms with Crippen molar-refractivity contribution in [3.05, 3.63) is 92.2 Å². The van der Waals surface area contributed by atoms with Crippen molar-refractivity contribution in [2.45, 2.75) is 44.4 Å². The van der Waals surface area contributed by atoms with E-state index >= 15 is 0 Å². The number of likely N-dealkylation sites (tertiary alicyclic amines) is 1. The third-order valence-electron chi connectivity index (χ3n) is 10.2. The zero-order chi connectivity index (χ0) is 45.3. The van der Waals surface area contributed by atoms with Gasteiger partial charge in [-0.3, -0.25) is 19.1 Å². The number of hydrogen-bond acceptors (Lipinski definition) is 12. The predicted molar refractivity (Wildman–Crippen MR) is 216 cm³/mol. The van der Waals surface area contributed by atoms with E-state index in [4.69, 9.17) is 37.4 Å². The molecule has 2 aromatic heterocycles. The third-order valence-corrected chi connectivity index (χ3v) is 10.9. The summed E-state index contributed by atoms with van der Waals surface area (Å²) in [6, 6.07) is 5.76. The first-order chi connectivity index (χ1) is 29.2. The van der Waals surface area contributed by atoms with Gasteiger partial charge in [0, 0.05) is 61.8 Å². The number of anilines is 4. The largest absolute Gasteiger partial charge is 0.495 e. The van der Waals surface area contributed by atoms with E-state index in [0.717, 1.165) is 18.5 Å². The highest BCUT2D eigenvalue weighted by molar-refractivity contribution is 6.42. The lowest BCUT2D eigenvalue weighted by Crippen LogP contribution is -2.56. The number of halogens is 6. The van der Waals surface area contributed by atoms with E-state index in [9.17, 15) is 42.1 Å². The highest BCUT2D eigenvalue weighted by Crippen LogP contribution is 2.48. The summed E-state index contributed by atoms with van der Waals surface area (Å²) in [6.07, 6.45) is -2.11. The third kappa shape index (κ3) is 9.45. The minimum atomic E-state index is -5.38. The molecular formula is C38H39Cl2F4N10O8+. The standard InChI is InChI=1S/C38H39Cl2F4N10O8/c1-49-20-46-34(53(58)59)25(49)19-54(2,3)29(62-35(56)38(42,43)44)11-10-28(55)50-14-12-24(13-15-50)52-33-21(17-45-36(48-33)47-23-8-6-22(41)7-9-23)18-51(37(52)57)32-30(39)26(60-4)16-27(61-5)31(32)40/h6-11,16-17,20,24,29H,12-15,18-19H2,1-5H3,(H,45,47,48)/q+1/b11-10+. The summed E-state index contributed by atoms with van der Waals surface area (Å²) in [7, 11) is 6.97. The van der Waals surface area contributed by atoms with E-state index in [1.165, 1.54) is 91.2 Å². The van der Waals surface area contributed by atoms with Crippen LogP contribution in [0.4, 0.5) is 51.3 Å². The normalized spacial score (nSPS) is 15.4. The van der Waals surface area contributed by atoms with Crippen LogP contribution in [0.15, 0.2) is 55.0 Å². The van der Waals surface area contributed by atoms with Gasteiger partial charge in [0.2, 0.25) is 18.2 Å². The fourth-order valence-electron chi connectivity index (χ4n) is 6.97. The Labute approximate surface area is 360 Å². The van der Waals surface area contributed by atoms with Gasteiger partial charge < -0.3 is 39.1 Å². The van der Waals surface area contributed by atoms with Crippen molar-refractivity contribution in [2.75, 3.05) is 56.5 Å². The molecule has 2 aliphatic rings. The number of nitrogens with one attached hydrogen (secondary N) is 1. The molecule has 0 bridgehead atoms. The van der Waals surface area contributed by atoms with Gasteiger partial charge >= 0.3 is 24.0 Å². The lowest BCUT2D eigenvalue weighted by atomic mass is 10.0. The lowest BCUT2D eigenvalue weighted by Gasteiger charge is -2.43. The molecule has 1 N–H and O–H groups in total. The number of quaternary nitrogens is 1. The molecule has 3 amide bonds. The lowest BCUT2D eigenvalue weighted by molar-refractivity contribution is -0.940. The van der Waals surface area contributed by atoms with E-state index < -0.39 is 57.4 Å². The van der Waals surface area contributed by atoms with Crippen molar-refractivity contribution >= 4 is 70.1 Å². The molecule has 0 saturated carbocycles. The molecule has 1 atom stereocenters. The molecule has 18 nitrogen and oxygen atoms in total. The van der Waals surface area contributed by atoms with Gasteiger partial charge in [0.25, 0.3) is 6.23 Å². The number of amides is 3. The van der Waals surface area contributed by atoms with Gasteiger partial charge in [-0.1, -0.05) is 23.2 Å². The molecule has 24 heteroatoms. The van der Waals surface area contributed by atoms with E-state index in [1.807, 2.05) is 0 Å². The molecule has 0 radical (unpaired) electrons. The Kier molecular flexibility index (Phi) is 13.1. The first-order valence-corrected chi connectivity index (χ1v) is 19.3. The molecule has 62 heavy (non-hydrogen) atoms. The quantitative estimate of drug-likeness (QED) is 0.0291. The first kappa shape index (κ1) is 45.3. The van der Waals surface area contributed by atoms with Crippen LogP contribution in [0.5, 0.6) is 11.5 Å². The fraction of sp³-hybridized carbons (Fsp3) is 0.368. The van der Waals surface area contributed by atoms with Gasteiger partial charge in [-0.15, -0.1) is 0 Å². The van der Waals surface area contributed by atoms with Crippen molar-refractivity contribution in [3.63, 3.8) is 0 Å². The Hall–Kier alpha value is -6.26. The van der Waals surface area contributed by atoms with Crippen LogP contribution in [0.25, 0.3) is 0 Å². The van der Waals surface area contributed by atoms with Crippen molar-refractivity contribution in [1.29, 1.82) is 0 Å². The molecule has 1 fully saturated rings. The minimum absolute atomic E-state index is 0.0253. The number of fused-ring (bicyclic) bond motifs is 1. The number of imidazole rings is 1. The smallest absolute Gasteiger partial charge is 0.491 e. The Bertz CT molecular complexity index is 2380. The number of nitrogens with zero attached hydrogens (tertiary/aromatic N) is 9. The number of hydrogen-bond donors (Lipinski definition) is 1. The molecule has 4 heterocycles. The zero-order valence-corrected chi connectivity index (χ0v) is 35.2. The number of likely N-dealkylation sites (N-methyl/N-ethyl adjacent to an activating group) is 1. The number of aryl methyl sites for hydroxylation is 1. The number of nitro groups is 1. The highest BCUT2D eigenvalue weighted by Gasteiger charge is 2.46. The number of alkyl halides is 3. The number of carbonyl (C=O) groups excluding carboxylic acids is 3. The average molecular weight is 911 g/mol. The van der Waals surface area contributed by atoms with Crippen LogP contribution >= 0.6 is 23.2 Å². The van der Waals surface area contributed by atoms with Crippen molar-refractivity contribution in [2.24, 2.45) is 7.05 Å². The van der Waals surface area contributed by atoms with Crippen molar-refractivity contribution in [3.8, 4) is 11.5 Å². The summed E-state index contributed by atoms with van der Waals surface area (Å²) in [4.78, 5) is 68.2. The summed E-state index contributed by atoms with van der Waals surface area (Å²) in [6.45, 7) is -0.291. The summed E-state index contributed by atoms with van der Waals surface area (Å²) in [5, 5.41) is 14.7. The van der Waals surface area contributed by atoms with Crippen LogP contribution < -0.4 is 24.6 Å². The van der Waals surface area contributed by atoms with Gasteiger partial charge in [-0.05, 0) is 47.0 Å². The highest BCUT2D eigenvalue weighted by atomic mass is 35.5. The Morgan fingerprint density at radius 1 is 1.08 bits per heavy atom. The molecule has 1 saturated heterocycles. The summed E-state index contributed by atoms with van der Waals surface area (Å²) < 4.78 is 70.3. The Morgan fingerprint density at radius 2 is 1.71 bits per heavy atom. The van der Waals surface area contributed by atoms with E-state index in [0.29, 0.717) is 11.3 Å². The molecule has 0 spiro atoms. The second-order valence-corrected chi connectivity index (χ2v) is 15.5. The molecule has 0 aliphatic carbocycles. The van der Waals surface area contributed by atoms with Crippen LogP contribution in [0, 0.1) is 15.9 Å². The number of aromatic nitrogens is 4. The summed E-state index contributed by atoms with van der Waals surface area (Å²) in [5.74, 6) is -3.47. The van der Waals surface area contributed by atoms with Gasteiger partial charge in [0.15, 0.2) is 5.69 Å². The predicted octanol–water partition coefficient (Wildman–Crippen LogP) is 6.53. The zero-order valence-electron chi connectivity index (χ0n) is 33.7. The molecule has 2 aliphatic heterocycles. The molecular weight excluding hydrogens is 871 g/mol. The van der Waals surface area contributed by atoms with Crippen LogP contribution in [0.3, 0.4) is 0 Å². The number of ether oxygens (including phenoxy) is 3. The van der Waals surface area contributed by atoms with Gasteiger partial charge in [0.05, 0.1) is 40.5 Å². The second-order valence-electron chi connectivity index (χ2n) is 14.7. The monoisotopic (exact) mass is 909 g/mol. The SMILES string of the molecule is COc1cc(OC)c(Cl)c(N2Cc3cnc(Nc4ccc(F)cc4)nc3N(C3CCN(C(=O)/C=C/C(OC(=O)C(F)(F)F)[N+](C)(C)Cc4c([N+](=O)[O-])ncn4C)CC3)C2=O)c1Cl. The number of rotatable bonds is 13. The Balaban J connectivity index is 1.27.